The van der Waals surface area contributed by atoms with Gasteiger partial charge in [0.2, 0.25) is 5.91 Å². The number of pyridine rings is 1. The maximum absolute atomic E-state index is 14.6. The van der Waals surface area contributed by atoms with E-state index in [9.17, 15) is 39.9 Å². The Morgan fingerprint density at radius 1 is 0.905 bits per heavy atom. The number of rotatable bonds is 10. The molecule has 3 aliphatic rings. The van der Waals surface area contributed by atoms with Gasteiger partial charge in [-0.15, -0.1) is 11.3 Å². The van der Waals surface area contributed by atoms with Crippen LogP contribution in [0.25, 0.3) is 10.6 Å². The van der Waals surface area contributed by atoms with Crippen molar-refractivity contribution in [2.24, 2.45) is 35.0 Å². The monoisotopic (exact) mass is 904 g/mol. The van der Waals surface area contributed by atoms with Gasteiger partial charge in [0.25, 0.3) is 0 Å². The maximum atomic E-state index is 14.6. The number of hydrogen-bond donors (Lipinski definition) is 6. The zero-order chi connectivity index (χ0) is 46.8. The molecule has 1 amide bonds. The van der Waals surface area contributed by atoms with Crippen LogP contribution in [0.1, 0.15) is 107 Å². The molecular weight excluding hydrogens is 833 g/mol. The normalized spacial score (nSPS) is 40.7. The van der Waals surface area contributed by atoms with E-state index in [0.717, 1.165) is 15.4 Å². The number of nitrogens with zero attached hydrogens (tertiary/aromatic N) is 1. The highest BCUT2D eigenvalue weighted by molar-refractivity contribution is 7.15. The minimum Gasteiger partial charge on any atom is -0.459 e. The molecule has 5 rings (SSSR count). The number of thiophene rings is 1. The lowest BCUT2D eigenvalue weighted by Gasteiger charge is -2.48. The van der Waals surface area contributed by atoms with Crippen LogP contribution in [0.5, 0.6) is 0 Å². The standard InChI is InChI=1S/C47H72N2O13S/c1-24-20-26(3)58-44(38(24)52)62-42-28(5)39(61-36-23-45(8,9)41(54)30(7)59-36)29(6)43(55)60-34(47(11,57)40(53)27(4)37(51)25(2)22-46(42,10)56)17-19-49-35(50)21-31-15-16-33(63-31)32-14-12-13-18-48-32/h12-16,18,24-30,34,36,38-42,44,52-54,56-57H,17,19-23H2,1-11H3,(H,49,50)/t24?,25-,26?,27+,28+,29-,30?,34-,36?,38?,39+,40-,41?,42-,44?,46-,47-/m1/s1. The van der Waals surface area contributed by atoms with Crippen molar-refractivity contribution in [2.75, 3.05) is 6.54 Å². The van der Waals surface area contributed by atoms with E-state index in [0.29, 0.717) is 6.42 Å². The van der Waals surface area contributed by atoms with E-state index < -0.39 is 107 Å². The number of aromatic nitrogens is 1. The Hall–Kier alpha value is -2.90. The summed E-state index contributed by atoms with van der Waals surface area (Å²) in [6.07, 6.45) is -8.09. The van der Waals surface area contributed by atoms with Crippen LogP contribution in [0.3, 0.4) is 0 Å². The van der Waals surface area contributed by atoms with E-state index in [4.69, 9.17) is 23.7 Å². The van der Waals surface area contributed by atoms with Crippen molar-refractivity contribution in [3.8, 4) is 10.6 Å². The molecule has 0 radical (unpaired) electrons. The van der Waals surface area contributed by atoms with Gasteiger partial charge in [-0.25, -0.2) is 0 Å². The van der Waals surface area contributed by atoms with Gasteiger partial charge in [0.1, 0.15) is 23.6 Å². The van der Waals surface area contributed by atoms with E-state index >= 15 is 0 Å². The van der Waals surface area contributed by atoms with Crippen molar-refractivity contribution in [1.82, 2.24) is 10.3 Å². The summed E-state index contributed by atoms with van der Waals surface area (Å²) in [7, 11) is 0. The number of carbonyl (C=O) groups is 3. The lowest BCUT2D eigenvalue weighted by atomic mass is 9.74. The average molecular weight is 905 g/mol. The number of ether oxygens (including phenoxy) is 5. The Labute approximate surface area is 376 Å². The number of cyclic esters (lactones) is 1. The first kappa shape index (κ1) is 51.1. The van der Waals surface area contributed by atoms with Crippen LogP contribution in [0.2, 0.25) is 0 Å². The summed E-state index contributed by atoms with van der Waals surface area (Å²) in [5.74, 6) is -5.89. The van der Waals surface area contributed by atoms with Gasteiger partial charge in [0.15, 0.2) is 12.6 Å². The molecule has 0 saturated carbocycles. The average Bonchev–Trinajstić information content (AvgIpc) is 3.68. The fraction of sp³-hybridized carbons (Fsp3) is 0.745. The summed E-state index contributed by atoms with van der Waals surface area (Å²) >= 11 is 1.44. The first-order chi connectivity index (χ1) is 29.3. The predicted molar refractivity (Wildman–Crippen MR) is 235 cm³/mol. The highest BCUT2D eigenvalue weighted by Gasteiger charge is 2.53. The molecule has 3 fully saturated rings. The second-order valence-corrected chi connectivity index (χ2v) is 20.9. The van der Waals surface area contributed by atoms with Gasteiger partial charge in [0.05, 0.1) is 65.1 Å². The predicted octanol–water partition coefficient (Wildman–Crippen LogP) is 4.58. The molecule has 7 unspecified atom stereocenters. The van der Waals surface area contributed by atoms with Crippen molar-refractivity contribution in [2.45, 2.75) is 181 Å². The Morgan fingerprint density at radius 2 is 1.60 bits per heavy atom. The SMILES string of the molecule is CC1CC(C)C(O)C(O[C@@H]2[C@@H](C)[C@H](OC3CC(C)(C)C(O)C(C)O3)[C@@H](C)C(=O)O[C@H](CCNC(=O)Cc3ccc(-c4ccccn4)s3)[C@@](C)(O)[C@H](O)[C@@H](C)C(=O)[C@H](C)C[C@@]2(C)O)O1. The minimum absolute atomic E-state index is 0.0495. The number of ketones is 1. The second-order valence-electron chi connectivity index (χ2n) is 19.8. The van der Waals surface area contributed by atoms with Gasteiger partial charge in [-0.2, -0.15) is 0 Å². The lowest BCUT2D eigenvalue weighted by Crippen LogP contribution is -2.59. The third-order valence-electron chi connectivity index (χ3n) is 13.6. The quantitative estimate of drug-likeness (QED) is 0.180. The van der Waals surface area contributed by atoms with Gasteiger partial charge >= 0.3 is 5.97 Å². The summed E-state index contributed by atoms with van der Waals surface area (Å²) < 4.78 is 31.7. The maximum Gasteiger partial charge on any atom is 0.311 e. The number of aliphatic hydroxyl groups is 5. The Bertz CT molecular complexity index is 1840. The van der Waals surface area contributed by atoms with E-state index in [1.165, 1.54) is 32.1 Å². The number of amides is 1. The van der Waals surface area contributed by atoms with Crippen LogP contribution in [0.15, 0.2) is 36.5 Å². The highest BCUT2D eigenvalue weighted by atomic mass is 32.1. The first-order valence-electron chi connectivity index (χ1n) is 22.5. The van der Waals surface area contributed by atoms with Crippen molar-refractivity contribution in [3.05, 3.63) is 41.4 Å². The summed E-state index contributed by atoms with van der Waals surface area (Å²) in [6, 6.07) is 9.36. The molecule has 16 heteroatoms. The smallest absolute Gasteiger partial charge is 0.311 e. The fourth-order valence-corrected chi connectivity index (χ4v) is 10.7. The largest absolute Gasteiger partial charge is 0.459 e. The van der Waals surface area contributed by atoms with Crippen molar-refractivity contribution in [3.63, 3.8) is 0 Å². The second kappa shape index (κ2) is 20.7. The molecular formula is C47H72N2O13S. The molecule has 3 aliphatic heterocycles. The van der Waals surface area contributed by atoms with Crippen LogP contribution in [0.4, 0.5) is 0 Å². The molecule has 6 N–H and O–H groups in total. The van der Waals surface area contributed by atoms with Crippen molar-refractivity contribution >= 4 is 29.0 Å². The third kappa shape index (κ3) is 12.1. The van der Waals surface area contributed by atoms with Crippen LogP contribution >= 0.6 is 11.3 Å². The molecule has 63 heavy (non-hydrogen) atoms. The summed E-state index contributed by atoms with van der Waals surface area (Å²) in [5.41, 5.74) is -3.86. The van der Waals surface area contributed by atoms with Gasteiger partial charge in [-0.1, -0.05) is 47.6 Å². The first-order valence-corrected chi connectivity index (χ1v) is 23.3. The lowest BCUT2D eigenvalue weighted by molar-refractivity contribution is -0.312. The molecule has 0 aromatic carbocycles. The molecule has 15 nitrogen and oxygen atoms in total. The summed E-state index contributed by atoms with van der Waals surface area (Å²) in [6.45, 7) is 18.4. The van der Waals surface area contributed by atoms with E-state index in [1.807, 2.05) is 58.0 Å². The van der Waals surface area contributed by atoms with Crippen LogP contribution in [-0.4, -0.2) is 127 Å². The zero-order valence-electron chi connectivity index (χ0n) is 38.7. The fourth-order valence-electron chi connectivity index (χ4n) is 9.73. The molecule has 354 valence electrons. The molecule has 2 aromatic heterocycles. The Morgan fingerprint density at radius 3 is 2.25 bits per heavy atom. The molecule has 3 saturated heterocycles. The van der Waals surface area contributed by atoms with Crippen molar-refractivity contribution in [1.29, 1.82) is 0 Å². The number of aliphatic hydroxyl groups excluding tert-OH is 3. The zero-order valence-corrected chi connectivity index (χ0v) is 39.5. The van der Waals surface area contributed by atoms with Crippen LogP contribution in [-0.2, 0) is 44.5 Å². The van der Waals surface area contributed by atoms with Crippen molar-refractivity contribution < 1.29 is 63.6 Å². The van der Waals surface area contributed by atoms with E-state index in [2.05, 4.69) is 10.3 Å². The highest BCUT2D eigenvalue weighted by Crippen LogP contribution is 2.42. The number of esters is 1. The van der Waals surface area contributed by atoms with Gasteiger partial charge in [0, 0.05) is 48.2 Å². The number of carbonyl (C=O) groups excluding carboxylic acids is 3. The molecule has 0 aliphatic carbocycles. The van der Waals surface area contributed by atoms with Crippen LogP contribution in [0, 0.1) is 35.0 Å². The summed E-state index contributed by atoms with van der Waals surface area (Å²) in [4.78, 5) is 48.0. The molecule has 0 spiro atoms. The van der Waals surface area contributed by atoms with Gasteiger partial charge < -0.3 is 54.5 Å². The van der Waals surface area contributed by atoms with Gasteiger partial charge in [-0.3, -0.25) is 19.4 Å². The third-order valence-corrected chi connectivity index (χ3v) is 14.7. The minimum atomic E-state index is -2.19. The number of Topliss-reactive ketones (excluding diaryl/α,β-unsaturated/α-hetero) is 1. The van der Waals surface area contributed by atoms with Crippen LogP contribution < -0.4 is 5.32 Å². The molecule has 5 heterocycles. The number of nitrogens with one attached hydrogen (secondary N) is 1. The topological polar surface area (TPSA) is 223 Å². The van der Waals surface area contributed by atoms with Gasteiger partial charge in [-0.05, 0) is 83.1 Å². The number of hydrogen-bond acceptors (Lipinski definition) is 15. The van der Waals surface area contributed by atoms with E-state index in [1.54, 1.807) is 33.9 Å². The Kier molecular flexibility index (Phi) is 16.8. The summed E-state index contributed by atoms with van der Waals surface area (Å²) in [5, 5.41) is 61.4. The van der Waals surface area contributed by atoms with E-state index in [-0.39, 0.29) is 50.2 Å². The molecule has 2 aromatic rings. The Balaban J connectivity index is 1.47. The molecule has 17 atom stereocenters. The molecule has 0 bridgehead atoms.